The lowest BCUT2D eigenvalue weighted by Gasteiger charge is -2.16. The van der Waals surface area contributed by atoms with Crippen molar-refractivity contribution in [3.05, 3.63) is 58.1 Å². The summed E-state index contributed by atoms with van der Waals surface area (Å²) in [6.45, 7) is 1.71. The Labute approximate surface area is 150 Å². The van der Waals surface area contributed by atoms with Gasteiger partial charge in [0, 0.05) is 23.3 Å². The molecular formula is C17H17Cl2N3O2. The molecule has 3 N–H and O–H groups in total. The first kappa shape index (κ1) is 18.1. The van der Waals surface area contributed by atoms with Crippen molar-refractivity contribution in [2.75, 3.05) is 17.7 Å². The lowest BCUT2D eigenvalue weighted by molar-refractivity contribution is -0.116. The lowest BCUT2D eigenvalue weighted by atomic mass is 10.1. The van der Waals surface area contributed by atoms with E-state index in [1.165, 1.54) is 0 Å². The van der Waals surface area contributed by atoms with Gasteiger partial charge in [-0.2, -0.15) is 0 Å². The molecule has 0 saturated heterocycles. The Bertz CT molecular complexity index is 765. The summed E-state index contributed by atoms with van der Waals surface area (Å²) in [5.74, 6) is -0.451. The van der Waals surface area contributed by atoms with Gasteiger partial charge in [0.15, 0.2) is 0 Å². The number of benzene rings is 2. The van der Waals surface area contributed by atoms with Crippen LogP contribution in [-0.2, 0) is 4.79 Å². The van der Waals surface area contributed by atoms with E-state index in [1.807, 2.05) is 0 Å². The Kier molecular flexibility index (Phi) is 6.06. The molecule has 7 heteroatoms. The first-order valence-corrected chi connectivity index (χ1v) is 8.01. The Balaban J connectivity index is 2.05. The van der Waals surface area contributed by atoms with Crippen molar-refractivity contribution in [1.82, 2.24) is 5.32 Å². The molecular weight excluding hydrogens is 349 g/mol. The number of amides is 2. The second-order valence-corrected chi connectivity index (χ2v) is 5.98. The maximum absolute atomic E-state index is 12.3. The van der Waals surface area contributed by atoms with E-state index in [0.717, 1.165) is 0 Å². The van der Waals surface area contributed by atoms with Crippen molar-refractivity contribution in [2.45, 2.75) is 13.0 Å². The standard InChI is InChI=1S/C17H17Cl2N3O2/c1-10(16(23)22-15-7-6-12(18)9-14(15)19)21-13-5-3-4-11(8-13)17(24)20-2/h3-10,21H,1-2H3,(H,20,24)(H,22,23)/t10-/m0/s1. The number of carbonyl (C=O) groups excluding carboxylic acids is 2. The zero-order chi connectivity index (χ0) is 17.7. The first-order valence-electron chi connectivity index (χ1n) is 7.25. The largest absolute Gasteiger partial charge is 0.374 e. The van der Waals surface area contributed by atoms with Gasteiger partial charge in [0.05, 0.1) is 10.7 Å². The number of hydrogen-bond donors (Lipinski definition) is 3. The summed E-state index contributed by atoms with van der Waals surface area (Å²) in [4.78, 5) is 23.9. The number of nitrogens with one attached hydrogen (secondary N) is 3. The molecule has 0 spiro atoms. The fourth-order valence-electron chi connectivity index (χ4n) is 2.04. The van der Waals surface area contributed by atoms with Crippen LogP contribution in [0.4, 0.5) is 11.4 Å². The van der Waals surface area contributed by atoms with Crippen molar-refractivity contribution in [2.24, 2.45) is 0 Å². The van der Waals surface area contributed by atoms with Crippen LogP contribution in [0.3, 0.4) is 0 Å². The van der Waals surface area contributed by atoms with Crippen LogP contribution in [0, 0.1) is 0 Å². The molecule has 0 saturated carbocycles. The Hall–Kier alpha value is -2.24. The number of carbonyl (C=O) groups is 2. The normalized spacial score (nSPS) is 11.5. The minimum atomic E-state index is -0.531. The summed E-state index contributed by atoms with van der Waals surface area (Å²) in [6, 6.07) is 11.2. The number of hydrogen-bond acceptors (Lipinski definition) is 3. The van der Waals surface area contributed by atoms with Crippen LogP contribution < -0.4 is 16.0 Å². The topological polar surface area (TPSA) is 70.2 Å². The average Bonchev–Trinajstić information content (AvgIpc) is 2.56. The van der Waals surface area contributed by atoms with Gasteiger partial charge in [0.25, 0.3) is 5.91 Å². The third-order valence-electron chi connectivity index (χ3n) is 3.32. The third kappa shape index (κ3) is 4.63. The van der Waals surface area contributed by atoms with Crippen LogP contribution >= 0.6 is 23.2 Å². The minimum Gasteiger partial charge on any atom is -0.374 e. The highest BCUT2D eigenvalue weighted by Gasteiger charge is 2.15. The molecule has 0 aliphatic carbocycles. The Morgan fingerprint density at radius 1 is 1.08 bits per heavy atom. The molecule has 2 amide bonds. The summed E-state index contributed by atoms with van der Waals surface area (Å²) in [7, 11) is 1.56. The molecule has 0 unspecified atom stereocenters. The molecule has 0 radical (unpaired) electrons. The number of halogens is 2. The molecule has 2 aromatic rings. The van der Waals surface area contributed by atoms with Crippen LogP contribution in [0.2, 0.25) is 10.0 Å². The quantitative estimate of drug-likeness (QED) is 0.754. The molecule has 2 rings (SSSR count). The van der Waals surface area contributed by atoms with Gasteiger partial charge in [0.2, 0.25) is 5.91 Å². The second-order valence-electron chi connectivity index (χ2n) is 5.14. The van der Waals surface area contributed by atoms with E-state index in [0.29, 0.717) is 27.0 Å². The highest BCUT2D eigenvalue weighted by molar-refractivity contribution is 6.36. The summed E-state index contributed by atoms with van der Waals surface area (Å²) < 4.78 is 0. The average molecular weight is 366 g/mol. The van der Waals surface area contributed by atoms with Crippen LogP contribution in [0.15, 0.2) is 42.5 Å². The van der Waals surface area contributed by atoms with Gasteiger partial charge < -0.3 is 16.0 Å². The fourth-order valence-corrected chi connectivity index (χ4v) is 2.50. The van der Waals surface area contributed by atoms with Gasteiger partial charge in [-0.1, -0.05) is 29.3 Å². The highest BCUT2D eigenvalue weighted by atomic mass is 35.5. The van der Waals surface area contributed by atoms with Crippen LogP contribution in [0.1, 0.15) is 17.3 Å². The first-order chi connectivity index (χ1) is 11.4. The molecule has 0 aromatic heterocycles. The van der Waals surface area contributed by atoms with E-state index in [9.17, 15) is 9.59 Å². The third-order valence-corrected chi connectivity index (χ3v) is 3.87. The predicted octanol–water partition coefficient (Wildman–Crippen LogP) is 3.79. The zero-order valence-corrected chi connectivity index (χ0v) is 14.7. The van der Waals surface area contributed by atoms with Gasteiger partial charge in [-0.25, -0.2) is 0 Å². The zero-order valence-electron chi connectivity index (χ0n) is 13.2. The molecule has 2 aromatic carbocycles. The molecule has 0 fully saturated rings. The maximum atomic E-state index is 12.3. The van der Waals surface area contributed by atoms with Gasteiger partial charge in [-0.3, -0.25) is 9.59 Å². The Morgan fingerprint density at radius 3 is 2.50 bits per heavy atom. The predicted molar refractivity (Wildman–Crippen MR) is 98.0 cm³/mol. The van der Waals surface area contributed by atoms with E-state index in [4.69, 9.17) is 23.2 Å². The van der Waals surface area contributed by atoms with E-state index in [2.05, 4.69) is 16.0 Å². The van der Waals surface area contributed by atoms with Gasteiger partial charge in [-0.05, 0) is 43.3 Å². The van der Waals surface area contributed by atoms with Gasteiger partial charge >= 0.3 is 0 Å². The van der Waals surface area contributed by atoms with Crippen LogP contribution in [0.25, 0.3) is 0 Å². The second kappa shape index (κ2) is 8.04. The molecule has 0 aliphatic rings. The van der Waals surface area contributed by atoms with E-state index >= 15 is 0 Å². The maximum Gasteiger partial charge on any atom is 0.251 e. The minimum absolute atomic E-state index is 0.191. The van der Waals surface area contributed by atoms with Crippen LogP contribution in [0.5, 0.6) is 0 Å². The van der Waals surface area contributed by atoms with E-state index in [1.54, 1.807) is 56.4 Å². The molecule has 1 atom stereocenters. The smallest absolute Gasteiger partial charge is 0.251 e. The van der Waals surface area contributed by atoms with Crippen molar-refractivity contribution < 1.29 is 9.59 Å². The number of anilines is 2. The monoisotopic (exact) mass is 365 g/mol. The van der Waals surface area contributed by atoms with E-state index < -0.39 is 6.04 Å². The fraction of sp³-hybridized carbons (Fsp3) is 0.176. The molecule has 0 aliphatic heterocycles. The van der Waals surface area contributed by atoms with Gasteiger partial charge in [-0.15, -0.1) is 0 Å². The van der Waals surface area contributed by atoms with E-state index in [-0.39, 0.29) is 11.8 Å². The summed E-state index contributed by atoms with van der Waals surface area (Å²) >= 11 is 11.9. The molecule has 0 bridgehead atoms. The molecule has 5 nitrogen and oxygen atoms in total. The van der Waals surface area contributed by atoms with Crippen molar-refractivity contribution >= 4 is 46.4 Å². The summed E-state index contributed by atoms with van der Waals surface area (Å²) in [5, 5.41) is 9.20. The highest BCUT2D eigenvalue weighted by Crippen LogP contribution is 2.25. The lowest BCUT2D eigenvalue weighted by Crippen LogP contribution is -2.32. The number of rotatable bonds is 5. The summed E-state index contributed by atoms with van der Waals surface area (Å²) in [6.07, 6.45) is 0. The molecule has 126 valence electrons. The van der Waals surface area contributed by atoms with Crippen molar-refractivity contribution in [3.8, 4) is 0 Å². The van der Waals surface area contributed by atoms with Gasteiger partial charge in [0.1, 0.15) is 6.04 Å². The molecule has 24 heavy (non-hydrogen) atoms. The molecule has 0 heterocycles. The SMILES string of the molecule is CNC(=O)c1cccc(N[C@@H](C)C(=O)Nc2ccc(Cl)cc2Cl)c1. The van der Waals surface area contributed by atoms with Crippen molar-refractivity contribution in [1.29, 1.82) is 0 Å². The van der Waals surface area contributed by atoms with Crippen LogP contribution in [-0.4, -0.2) is 24.9 Å². The summed E-state index contributed by atoms with van der Waals surface area (Å²) in [5.41, 5.74) is 1.66. The Morgan fingerprint density at radius 2 is 1.83 bits per heavy atom. The van der Waals surface area contributed by atoms with Crippen molar-refractivity contribution in [3.63, 3.8) is 0 Å².